The predicted octanol–water partition coefficient (Wildman–Crippen LogP) is 1.84. The molecule has 0 bridgehead atoms. The van der Waals surface area contributed by atoms with Crippen LogP contribution in [0, 0.1) is 6.92 Å². The summed E-state index contributed by atoms with van der Waals surface area (Å²) in [6.45, 7) is 5.72. The highest BCUT2D eigenvalue weighted by atomic mass is 32.1. The Morgan fingerprint density at radius 3 is 2.64 bits per heavy atom. The molecule has 22 heavy (non-hydrogen) atoms. The Balaban J connectivity index is 2.39. The number of thiophene rings is 1. The van der Waals surface area contributed by atoms with Gasteiger partial charge in [-0.3, -0.25) is 9.36 Å². The molecule has 0 radical (unpaired) electrons. The van der Waals surface area contributed by atoms with Gasteiger partial charge in [-0.1, -0.05) is 0 Å². The number of nitrogens with zero attached hydrogens (tertiary/aromatic N) is 3. The fraction of sp³-hybridized carbons (Fsp3) is 0.286. The summed E-state index contributed by atoms with van der Waals surface area (Å²) < 4.78 is 1.49. The standard InChI is InChI=1S/C14H15N5O2S/c1-6(2)19-13-10(17-14(19)21)9(11(15)20)16-12(18-13)8-5-4-7(3)22-8/h4-6H,1-3H3,(H2,15,20)(H,17,21). The minimum Gasteiger partial charge on any atom is -0.364 e. The second-order valence-corrected chi connectivity index (χ2v) is 6.55. The molecule has 7 nitrogen and oxygen atoms in total. The third kappa shape index (κ3) is 2.21. The second-order valence-electron chi connectivity index (χ2n) is 5.26. The van der Waals surface area contributed by atoms with Crippen LogP contribution >= 0.6 is 11.3 Å². The Hall–Kier alpha value is -2.48. The van der Waals surface area contributed by atoms with Gasteiger partial charge in [0, 0.05) is 10.9 Å². The van der Waals surface area contributed by atoms with E-state index in [1.807, 2.05) is 32.9 Å². The molecular weight excluding hydrogens is 302 g/mol. The fourth-order valence-electron chi connectivity index (χ4n) is 2.32. The SMILES string of the molecule is Cc1ccc(-c2nc(C(N)=O)c3[nH]c(=O)n(C(C)C)c3n2)s1. The minimum absolute atomic E-state index is 0.0301. The number of carbonyl (C=O) groups excluding carboxylic acids is 1. The number of carbonyl (C=O) groups is 1. The number of hydrogen-bond acceptors (Lipinski definition) is 5. The number of imidazole rings is 1. The minimum atomic E-state index is -0.695. The van der Waals surface area contributed by atoms with Crippen molar-refractivity contribution in [2.45, 2.75) is 26.8 Å². The molecule has 3 aromatic rings. The first-order valence-electron chi connectivity index (χ1n) is 6.77. The highest BCUT2D eigenvalue weighted by Gasteiger charge is 2.20. The Bertz CT molecular complexity index is 935. The molecule has 0 aliphatic carbocycles. The van der Waals surface area contributed by atoms with Crippen LogP contribution < -0.4 is 11.4 Å². The van der Waals surface area contributed by atoms with Crippen molar-refractivity contribution in [1.82, 2.24) is 19.5 Å². The van der Waals surface area contributed by atoms with Gasteiger partial charge in [0.1, 0.15) is 5.52 Å². The summed E-state index contributed by atoms with van der Waals surface area (Å²) >= 11 is 1.52. The third-order valence-electron chi connectivity index (χ3n) is 3.28. The molecule has 0 atom stereocenters. The third-order valence-corrected chi connectivity index (χ3v) is 4.28. The van der Waals surface area contributed by atoms with E-state index in [1.54, 1.807) is 0 Å². The fourth-order valence-corrected chi connectivity index (χ4v) is 3.13. The Morgan fingerprint density at radius 1 is 1.36 bits per heavy atom. The number of aromatic nitrogens is 4. The summed E-state index contributed by atoms with van der Waals surface area (Å²) in [5.74, 6) is -0.299. The summed E-state index contributed by atoms with van der Waals surface area (Å²) in [7, 11) is 0. The normalized spacial score (nSPS) is 11.5. The smallest absolute Gasteiger partial charge is 0.327 e. The molecule has 3 aromatic heterocycles. The lowest BCUT2D eigenvalue weighted by atomic mass is 10.3. The average Bonchev–Trinajstić information content (AvgIpc) is 2.99. The van der Waals surface area contributed by atoms with Crippen molar-refractivity contribution in [3.63, 3.8) is 0 Å². The van der Waals surface area contributed by atoms with Crippen LogP contribution in [0.1, 0.15) is 35.3 Å². The van der Waals surface area contributed by atoms with Crippen LogP contribution in [-0.2, 0) is 0 Å². The van der Waals surface area contributed by atoms with Crippen LogP contribution in [0.4, 0.5) is 0 Å². The zero-order chi connectivity index (χ0) is 16.0. The number of aromatic amines is 1. The predicted molar refractivity (Wildman–Crippen MR) is 85.1 cm³/mol. The molecule has 0 fully saturated rings. The maximum Gasteiger partial charge on any atom is 0.327 e. The van der Waals surface area contributed by atoms with E-state index < -0.39 is 5.91 Å². The monoisotopic (exact) mass is 317 g/mol. The molecule has 0 saturated carbocycles. The maximum absolute atomic E-state index is 12.1. The number of rotatable bonds is 3. The average molecular weight is 317 g/mol. The maximum atomic E-state index is 12.1. The van der Waals surface area contributed by atoms with Gasteiger partial charge in [0.25, 0.3) is 5.91 Å². The Labute approximate surface area is 129 Å². The summed E-state index contributed by atoms with van der Waals surface area (Å²) in [5.41, 5.74) is 5.78. The molecule has 0 aromatic carbocycles. The van der Waals surface area contributed by atoms with Gasteiger partial charge in [0.05, 0.1) is 4.88 Å². The number of amides is 1. The van der Waals surface area contributed by atoms with Gasteiger partial charge < -0.3 is 10.7 Å². The zero-order valence-corrected chi connectivity index (χ0v) is 13.2. The molecule has 0 unspecified atom stereocenters. The van der Waals surface area contributed by atoms with Gasteiger partial charge in [-0.15, -0.1) is 11.3 Å². The van der Waals surface area contributed by atoms with Gasteiger partial charge in [0.2, 0.25) is 0 Å². The first-order chi connectivity index (χ1) is 10.4. The van der Waals surface area contributed by atoms with Gasteiger partial charge >= 0.3 is 5.69 Å². The highest BCUT2D eigenvalue weighted by Crippen LogP contribution is 2.27. The zero-order valence-electron chi connectivity index (χ0n) is 12.4. The topological polar surface area (TPSA) is 107 Å². The van der Waals surface area contributed by atoms with E-state index in [0.29, 0.717) is 11.5 Å². The summed E-state index contributed by atoms with van der Waals surface area (Å²) in [4.78, 5) is 37.1. The van der Waals surface area contributed by atoms with Gasteiger partial charge in [-0.05, 0) is 32.9 Å². The summed E-state index contributed by atoms with van der Waals surface area (Å²) in [5, 5.41) is 0. The van der Waals surface area contributed by atoms with Crippen molar-refractivity contribution in [2.75, 3.05) is 0 Å². The van der Waals surface area contributed by atoms with E-state index in [1.165, 1.54) is 15.9 Å². The van der Waals surface area contributed by atoms with Crippen LogP contribution in [-0.4, -0.2) is 25.4 Å². The quantitative estimate of drug-likeness (QED) is 0.768. The molecule has 1 amide bonds. The number of H-pyrrole nitrogens is 1. The highest BCUT2D eigenvalue weighted by molar-refractivity contribution is 7.15. The number of aryl methyl sites for hydroxylation is 1. The van der Waals surface area contributed by atoms with Gasteiger partial charge in [-0.2, -0.15) is 0 Å². The van der Waals surface area contributed by atoms with Crippen LogP contribution in [0.25, 0.3) is 21.9 Å². The number of hydrogen-bond donors (Lipinski definition) is 2. The molecule has 8 heteroatoms. The summed E-state index contributed by atoms with van der Waals surface area (Å²) in [6.07, 6.45) is 0. The molecule has 0 aliphatic heterocycles. The van der Waals surface area contributed by atoms with Crippen LogP contribution in [0.3, 0.4) is 0 Å². The number of nitrogens with two attached hydrogens (primary N) is 1. The van der Waals surface area contributed by atoms with Crippen molar-refractivity contribution < 1.29 is 4.79 Å². The molecular formula is C14H15N5O2S. The van der Waals surface area contributed by atoms with Gasteiger partial charge in [0.15, 0.2) is 17.2 Å². The van der Waals surface area contributed by atoms with Crippen molar-refractivity contribution >= 4 is 28.4 Å². The van der Waals surface area contributed by atoms with Crippen molar-refractivity contribution in [3.05, 3.63) is 33.2 Å². The lowest BCUT2D eigenvalue weighted by Gasteiger charge is -2.07. The molecule has 0 saturated heterocycles. The largest absolute Gasteiger partial charge is 0.364 e. The number of fused-ring (bicyclic) bond motifs is 1. The molecule has 3 rings (SSSR count). The first kappa shape index (κ1) is 14.5. The van der Waals surface area contributed by atoms with E-state index in [2.05, 4.69) is 15.0 Å². The number of nitrogens with one attached hydrogen (secondary N) is 1. The summed E-state index contributed by atoms with van der Waals surface area (Å²) in [6, 6.07) is 3.73. The second kappa shape index (κ2) is 5.06. The molecule has 0 spiro atoms. The van der Waals surface area contributed by atoms with Crippen molar-refractivity contribution in [2.24, 2.45) is 5.73 Å². The Kier molecular flexibility index (Phi) is 3.32. The molecule has 0 aliphatic rings. The van der Waals surface area contributed by atoms with E-state index in [4.69, 9.17) is 5.73 Å². The lowest BCUT2D eigenvalue weighted by Crippen LogP contribution is -2.18. The Morgan fingerprint density at radius 2 is 2.09 bits per heavy atom. The van der Waals surface area contributed by atoms with E-state index in [0.717, 1.165) is 9.75 Å². The van der Waals surface area contributed by atoms with Crippen LogP contribution in [0.5, 0.6) is 0 Å². The molecule has 114 valence electrons. The van der Waals surface area contributed by atoms with E-state index in [9.17, 15) is 9.59 Å². The molecule has 3 N–H and O–H groups in total. The lowest BCUT2D eigenvalue weighted by molar-refractivity contribution is 0.0997. The van der Waals surface area contributed by atoms with E-state index in [-0.39, 0.29) is 22.9 Å². The van der Waals surface area contributed by atoms with Crippen LogP contribution in [0.15, 0.2) is 16.9 Å². The van der Waals surface area contributed by atoms with Crippen molar-refractivity contribution in [1.29, 1.82) is 0 Å². The van der Waals surface area contributed by atoms with Gasteiger partial charge in [-0.25, -0.2) is 14.8 Å². The molecule has 3 heterocycles. The first-order valence-corrected chi connectivity index (χ1v) is 7.59. The van der Waals surface area contributed by atoms with E-state index >= 15 is 0 Å². The van der Waals surface area contributed by atoms with Crippen molar-refractivity contribution in [3.8, 4) is 10.7 Å². The number of primary amides is 1. The van der Waals surface area contributed by atoms with Crippen LogP contribution in [0.2, 0.25) is 0 Å².